The molecule has 3 rings (SSSR count). The highest BCUT2D eigenvalue weighted by molar-refractivity contribution is 5.08. The maximum atomic E-state index is 4.53. The summed E-state index contributed by atoms with van der Waals surface area (Å²) in [7, 11) is 0. The Morgan fingerprint density at radius 3 is 2.78 bits per heavy atom. The average molecular weight is 248 g/mol. The first-order valence-electron chi connectivity index (χ1n) is 7.38. The van der Waals surface area contributed by atoms with Gasteiger partial charge in [-0.1, -0.05) is 0 Å². The van der Waals surface area contributed by atoms with E-state index in [1.54, 1.807) is 0 Å². The molecule has 18 heavy (non-hydrogen) atoms. The van der Waals surface area contributed by atoms with Gasteiger partial charge in [-0.3, -0.25) is 4.90 Å². The predicted octanol–water partition coefficient (Wildman–Crippen LogP) is 2.72. The Morgan fingerprint density at radius 1 is 1.17 bits per heavy atom. The van der Waals surface area contributed by atoms with E-state index in [1.165, 1.54) is 43.9 Å². The molecule has 4 nitrogen and oxygen atoms in total. The van der Waals surface area contributed by atoms with E-state index in [0.29, 0.717) is 18.1 Å². The third-order valence-corrected chi connectivity index (χ3v) is 4.51. The molecule has 0 N–H and O–H groups in total. The highest BCUT2D eigenvalue weighted by Gasteiger charge is 2.34. The van der Waals surface area contributed by atoms with Crippen molar-refractivity contribution in [3.63, 3.8) is 0 Å². The summed E-state index contributed by atoms with van der Waals surface area (Å²) >= 11 is 0. The van der Waals surface area contributed by atoms with Crippen LogP contribution in [0.5, 0.6) is 0 Å². The van der Waals surface area contributed by atoms with Crippen molar-refractivity contribution in [1.82, 2.24) is 19.7 Å². The van der Waals surface area contributed by atoms with Gasteiger partial charge in [-0.15, -0.1) is 10.2 Å². The lowest BCUT2D eigenvalue weighted by Crippen LogP contribution is -2.32. The monoisotopic (exact) mass is 248 g/mol. The highest BCUT2D eigenvalue weighted by atomic mass is 15.3. The van der Waals surface area contributed by atoms with E-state index in [4.69, 9.17) is 0 Å². The fourth-order valence-electron chi connectivity index (χ4n) is 3.58. The first-order valence-corrected chi connectivity index (χ1v) is 7.38. The van der Waals surface area contributed by atoms with Crippen molar-refractivity contribution in [3.05, 3.63) is 11.6 Å². The van der Waals surface area contributed by atoms with Crippen LogP contribution in [0.25, 0.3) is 0 Å². The van der Waals surface area contributed by atoms with Crippen LogP contribution in [0.3, 0.4) is 0 Å². The van der Waals surface area contributed by atoms with Crippen LogP contribution in [0.15, 0.2) is 0 Å². The van der Waals surface area contributed by atoms with Crippen molar-refractivity contribution in [2.24, 2.45) is 0 Å². The van der Waals surface area contributed by atoms with Crippen molar-refractivity contribution in [2.75, 3.05) is 6.54 Å². The second kappa shape index (κ2) is 4.65. The largest absolute Gasteiger partial charge is 0.311 e. The van der Waals surface area contributed by atoms with E-state index in [0.717, 1.165) is 6.42 Å². The third-order valence-electron chi connectivity index (χ3n) is 4.51. The molecular weight excluding hydrogens is 224 g/mol. The summed E-state index contributed by atoms with van der Waals surface area (Å²) in [5.74, 6) is 2.43. The lowest BCUT2D eigenvalue weighted by molar-refractivity contribution is 0.191. The molecule has 2 aliphatic heterocycles. The standard InChI is InChI=1S/C14H24N4/c1-10(2)17-9-5-7-12(17)14-16-15-13-8-4-6-11(3)18(13)14/h10-12H,4-9H2,1-3H3. The molecule has 4 heteroatoms. The second-order valence-electron chi connectivity index (χ2n) is 6.08. The Hall–Kier alpha value is -0.900. The first-order chi connectivity index (χ1) is 8.68. The minimum atomic E-state index is 0.492. The summed E-state index contributed by atoms with van der Waals surface area (Å²) in [5, 5.41) is 8.97. The number of hydrogen-bond donors (Lipinski definition) is 0. The second-order valence-corrected chi connectivity index (χ2v) is 6.08. The van der Waals surface area contributed by atoms with Crippen LogP contribution in [0, 0.1) is 0 Å². The topological polar surface area (TPSA) is 34.0 Å². The molecule has 0 saturated carbocycles. The Morgan fingerprint density at radius 2 is 2.00 bits per heavy atom. The third kappa shape index (κ3) is 1.87. The molecule has 1 aromatic rings. The first kappa shape index (κ1) is 12.2. The quantitative estimate of drug-likeness (QED) is 0.807. The fraction of sp³-hybridized carbons (Fsp3) is 0.857. The predicted molar refractivity (Wildman–Crippen MR) is 71.5 cm³/mol. The van der Waals surface area contributed by atoms with Gasteiger partial charge in [0.1, 0.15) is 5.82 Å². The van der Waals surface area contributed by atoms with Crippen molar-refractivity contribution in [3.8, 4) is 0 Å². The van der Waals surface area contributed by atoms with Gasteiger partial charge in [-0.05, 0) is 53.0 Å². The normalized spacial score (nSPS) is 28.9. The lowest BCUT2D eigenvalue weighted by atomic mass is 10.0. The average Bonchev–Trinajstić information content (AvgIpc) is 2.94. The molecule has 0 bridgehead atoms. The van der Waals surface area contributed by atoms with Gasteiger partial charge < -0.3 is 4.57 Å². The Balaban J connectivity index is 1.95. The summed E-state index contributed by atoms with van der Waals surface area (Å²) < 4.78 is 2.43. The van der Waals surface area contributed by atoms with E-state index >= 15 is 0 Å². The zero-order valence-corrected chi connectivity index (χ0v) is 11.8. The number of hydrogen-bond acceptors (Lipinski definition) is 3. The van der Waals surface area contributed by atoms with Gasteiger partial charge in [0.25, 0.3) is 0 Å². The van der Waals surface area contributed by atoms with E-state index in [1.807, 2.05) is 0 Å². The fourth-order valence-corrected chi connectivity index (χ4v) is 3.58. The summed E-state index contributed by atoms with van der Waals surface area (Å²) in [6, 6.07) is 1.67. The van der Waals surface area contributed by atoms with Gasteiger partial charge in [0.15, 0.2) is 5.82 Å². The summed E-state index contributed by atoms with van der Waals surface area (Å²) in [4.78, 5) is 2.58. The van der Waals surface area contributed by atoms with E-state index in [-0.39, 0.29) is 0 Å². The SMILES string of the molecule is CC(C)N1CCCC1c1nnc2n1C(C)CCC2. The van der Waals surface area contributed by atoms with E-state index < -0.39 is 0 Å². The van der Waals surface area contributed by atoms with Gasteiger partial charge in [0.05, 0.1) is 6.04 Å². The molecule has 1 aromatic heterocycles. The molecule has 1 saturated heterocycles. The van der Waals surface area contributed by atoms with Crippen LogP contribution in [0.4, 0.5) is 0 Å². The molecule has 1 fully saturated rings. The van der Waals surface area contributed by atoms with Crippen LogP contribution in [0.2, 0.25) is 0 Å². The zero-order valence-electron chi connectivity index (χ0n) is 11.8. The van der Waals surface area contributed by atoms with Crippen molar-refractivity contribution >= 4 is 0 Å². The van der Waals surface area contributed by atoms with E-state index in [2.05, 4.69) is 40.4 Å². The molecule has 2 aliphatic rings. The van der Waals surface area contributed by atoms with Crippen molar-refractivity contribution in [2.45, 2.75) is 71.0 Å². The summed E-state index contributed by atoms with van der Waals surface area (Å²) in [6.45, 7) is 8.09. The van der Waals surface area contributed by atoms with Crippen LogP contribution in [-0.2, 0) is 6.42 Å². The summed E-state index contributed by atoms with van der Waals surface area (Å²) in [5.41, 5.74) is 0. The smallest absolute Gasteiger partial charge is 0.150 e. The highest BCUT2D eigenvalue weighted by Crippen LogP contribution is 2.36. The van der Waals surface area contributed by atoms with Crippen LogP contribution >= 0.6 is 0 Å². The Kier molecular flexibility index (Phi) is 3.14. The maximum absolute atomic E-state index is 4.53. The number of aryl methyl sites for hydroxylation is 1. The Bertz CT molecular complexity index is 423. The van der Waals surface area contributed by atoms with Gasteiger partial charge >= 0.3 is 0 Å². The number of rotatable bonds is 2. The van der Waals surface area contributed by atoms with Crippen molar-refractivity contribution in [1.29, 1.82) is 0 Å². The molecule has 2 unspecified atom stereocenters. The Labute approximate surface area is 109 Å². The molecule has 100 valence electrons. The molecule has 2 atom stereocenters. The van der Waals surface area contributed by atoms with Crippen LogP contribution in [0.1, 0.15) is 70.2 Å². The van der Waals surface area contributed by atoms with Crippen LogP contribution in [-0.4, -0.2) is 32.3 Å². The molecule has 3 heterocycles. The van der Waals surface area contributed by atoms with E-state index in [9.17, 15) is 0 Å². The molecule has 0 aromatic carbocycles. The maximum Gasteiger partial charge on any atom is 0.150 e. The number of likely N-dealkylation sites (tertiary alicyclic amines) is 1. The summed E-state index contributed by atoms with van der Waals surface area (Å²) in [6.07, 6.45) is 6.17. The van der Waals surface area contributed by atoms with Gasteiger partial charge in [0.2, 0.25) is 0 Å². The zero-order chi connectivity index (χ0) is 12.7. The van der Waals surface area contributed by atoms with Gasteiger partial charge in [-0.25, -0.2) is 0 Å². The van der Waals surface area contributed by atoms with Gasteiger partial charge in [-0.2, -0.15) is 0 Å². The molecule has 0 amide bonds. The molecular formula is C14H24N4. The minimum absolute atomic E-state index is 0.492. The molecule has 0 spiro atoms. The van der Waals surface area contributed by atoms with Gasteiger partial charge in [0, 0.05) is 18.5 Å². The van der Waals surface area contributed by atoms with Crippen LogP contribution < -0.4 is 0 Å². The molecule has 0 aliphatic carbocycles. The lowest BCUT2D eigenvalue weighted by Gasteiger charge is -2.30. The number of nitrogens with zero attached hydrogens (tertiary/aromatic N) is 4. The van der Waals surface area contributed by atoms with Crippen molar-refractivity contribution < 1.29 is 0 Å². The number of aromatic nitrogens is 3. The minimum Gasteiger partial charge on any atom is -0.311 e. The number of fused-ring (bicyclic) bond motifs is 1. The molecule has 0 radical (unpaired) electrons.